The van der Waals surface area contributed by atoms with Gasteiger partial charge < -0.3 is 5.32 Å². The third-order valence-corrected chi connectivity index (χ3v) is 3.79. The lowest BCUT2D eigenvalue weighted by atomic mass is 9.85. The topological polar surface area (TPSA) is 29.9 Å². The van der Waals surface area contributed by atoms with Crippen LogP contribution in [0.15, 0.2) is 0 Å². The fourth-order valence-corrected chi connectivity index (χ4v) is 2.40. The van der Waals surface area contributed by atoms with Gasteiger partial charge in [-0.25, -0.2) is 0 Å². The van der Waals surface area contributed by atoms with Crippen LogP contribution < -0.4 is 5.32 Å². The molecule has 3 nitrogen and oxygen atoms in total. The third-order valence-electron chi connectivity index (χ3n) is 3.79. The lowest BCUT2D eigenvalue weighted by Crippen LogP contribution is -2.27. The Labute approximate surface area is 110 Å². The minimum atomic E-state index is 0. The highest BCUT2D eigenvalue weighted by molar-refractivity contribution is 5.85. The second kappa shape index (κ2) is 6.41. The van der Waals surface area contributed by atoms with Crippen molar-refractivity contribution in [1.82, 2.24) is 15.1 Å². The maximum Gasteiger partial charge on any atom is 0.0641 e. The van der Waals surface area contributed by atoms with E-state index in [1.54, 1.807) is 0 Å². The van der Waals surface area contributed by atoms with Crippen LogP contribution in [0.25, 0.3) is 0 Å². The van der Waals surface area contributed by atoms with E-state index in [0.29, 0.717) is 0 Å². The van der Waals surface area contributed by atoms with Gasteiger partial charge in [-0.1, -0.05) is 6.42 Å². The van der Waals surface area contributed by atoms with E-state index in [9.17, 15) is 0 Å². The summed E-state index contributed by atoms with van der Waals surface area (Å²) in [7, 11) is 0. The van der Waals surface area contributed by atoms with Gasteiger partial charge >= 0.3 is 0 Å². The van der Waals surface area contributed by atoms with Crippen LogP contribution >= 0.6 is 12.4 Å². The first-order valence-corrected chi connectivity index (χ1v) is 6.46. The molecule has 2 rings (SSSR count). The van der Waals surface area contributed by atoms with Crippen molar-refractivity contribution in [3.05, 3.63) is 17.0 Å². The molecule has 1 aliphatic rings. The van der Waals surface area contributed by atoms with Crippen LogP contribution in [0, 0.1) is 19.8 Å². The summed E-state index contributed by atoms with van der Waals surface area (Å²) in [4.78, 5) is 0. The summed E-state index contributed by atoms with van der Waals surface area (Å²) < 4.78 is 2.09. The normalized spacial score (nSPS) is 15.5. The van der Waals surface area contributed by atoms with Gasteiger partial charge in [0.25, 0.3) is 0 Å². The Morgan fingerprint density at radius 3 is 2.53 bits per heavy atom. The van der Waals surface area contributed by atoms with Crippen LogP contribution in [-0.4, -0.2) is 16.3 Å². The Morgan fingerprint density at radius 2 is 2.06 bits per heavy atom. The molecule has 1 aromatic rings. The van der Waals surface area contributed by atoms with Crippen LogP contribution in [-0.2, 0) is 13.1 Å². The minimum absolute atomic E-state index is 0. The Hall–Kier alpha value is -0.540. The summed E-state index contributed by atoms with van der Waals surface area (Å²) in [5, 5.41) is 8.11. The van der Waals surface area contributed by atoms with E-state index in [4.69, 9.17) is 0 Å². The highest BCUT2D eigenvalue weighted by Crippen LogP contribution is 2.25. The molecule has 0 bridgehead atoms. The second-order valence-corrected chi connectivity index (χ2v) is 4.89. The molecule has 0 aromatic carbocycles. The summed E-state index contributed by atoms with van der Waals surface area (Å²) in [6.45, 7) is 9.55. The van der Waals surface area contributed by atoms with Crippen molar-refractivity contribution >= 4 is 12.4 Å². The summed E-state index contributed by atoms with van der Waals surface area (Å²) in [6, 6.07) is 0. The zero-order chi connectivity index (χ0) is 11.5. The molecule has 17 heavy (non-hydrogen) atoms. The van der Waals surface area contributed by atoms with E-state index in [1.165, 1.54) is 42.8 Å². The molecule has 0 saturated heterocycles. The van der Waals surface area contributed by atoms with Crippen LogP contribution in [0.1, 0.15) is 43.1 Å². The van der Waals surface area contributed by atoms with Crippen LogP contribution in [0.5, 0.6) is 0 Å². The van der Waals surface area contributed by atoms with Crippen molar-refractivity contribution < 1.29 is 0 Å². The molecule has 4 heteroatoms. The van der Waals surface area contributed by atoms with Crippen molar-refractivity contribution in [3.63, 3.8) is 0 Å². The van der Waals surface area contributed by atoms with E-state index in [2.05, 4.69) is 35.9 Å². The predicted octanol–water partition coefficient (Wildman–Crippen LogP) is 2.83. The molecule has 0 unspecified atom stereocenters. The molecule has 1 aromatic heterocycles. The van der Waals surface area contributed by atoms with Gasteiger partial charge in [0, 0.05) is 24.3 Å². The van der Waals surface area contributed by atoms with Crippen LogP contribution in [0.4, 0.5) is 0 Å². The molecule has 0 amide bonds. The molecular formula is C13H24ClN3. The molecule has 1 aliphatic carbocycles. The number of aromatic nitrogens is 2. The second-order valence-electron chi connectivity index (χ2n) is 4.89. The first kappa shape index (κ1) is 14.5. The maximum absolute atomic E-state index is 4.54. The highest BCUT2D eigenvalue weighted by Gasteiger charge is 2.17. The van der Waals surface area contributed by atoms with Gasteiger partial charge in [0.2, 0.25) is 0 Å². The Bertz CT molecular complexity index is 356. The monoisotopic (exact) mass is 257 g/mol. The quantitative estimate of drug-likeness (QED) is 0.879. The average molecular weight is 258 g/mol. The lowest BCUT2D eigenvalue weighted by Gasteiger charge is -2.25. The van der Waals surface area contributed by atoms with Gasteiger partial charge in [0.15, 0.2) is 0 Å². The molecule has 1 saturated carbocycles. The first-order chi connectivity index (χ1) is 7.72. The smallest absolute Gasteiger partial charge is 0.0641 e. The largest absolute Gasteiger partial charge is 0.312 e. The molecule has 1 N–H and O–H groups in total. The first-order valence-electron chi connectivity index (χ1n) is 6.46. The van der Waals surface area contributed by atoms with Gasteiger partial charge in [0.1, 0.15) is 0 Å². The molecular weight excluding hydrogens is 234 g/mol. The molecule has 0 aliphatic heterocycles. The summed E-state index contributed by atoms with van der Waals surface area (Å²) >= 11 is 0. The van der Waals surface area contributed by atoms with Gasteiger partial charge in [0.05, 0.1) is 5.69 Å². The molecule has 0 spiro atoms. The Balaban J connectivity index is 0.00000144. The fraction of sp³-hybridized carbons (Fsp3) is 0.769. The minimum Gasteiger partial charge on any atom is -0.312 e. The molecule has 1 heterocycles. The van der Waals surface area contributed by atoms with Crippen molar-refractivity contribution in [2.75, 3.05) is 6.54 Å². The van der Waals surface area contributed by atoms with Crippen molar-refractivity contribution in [2.45, 2.75) is 53.1 Å². The number of rotatable bonds is 5. The Morgan fingerprint density at radius 1 is 1.35 bits per heavy atom. The summed E-state index contributed by atoms with van der Waals surface area (Å²) in [5.41, 5.74) is 3.89. The number of hydrogen-bond donors (Lipinski definition) is 1. The van der Waals surface area contributed by atoms with E-state index in [1.807, 2.05) is 0 Å². The zero-order valence-corrected chi connectivity index (χ0v) is 11.9. The van der Waals surface area contributed by atoms with E-state index >= 15 is 0 Å². The molecule has 98 valence electrons. The standard InChI is InChI=1S/C13H23N3.ClH/c1-4-16-11(3)13(10(2)15-16)9-14-8-12-6-5-7-12;/h12,14H,4-9H2,1-3H3;1H. The van der Waals surface area contributed by atoms with E-state index in [0.717, 1.165) is 19.0 Å². The van der Waals surface area contributed by atoms with Crippen molar-refractivity contribution in [1.29, 1.82) is 0 Å². The van der Waals surface area contributed by atoms with Gasteiger partial charge in [-0.2, -0.15) is 5.10 Å². The van der Waals surface area contributed by atoms with Gasteiger partial charge in [-0.05, 0) is 46.1 Å². The van der Waals surface area contributed by atoms with Crippen LogP contribution in [0.3, 0.4) is 0 Å². The van der Waals surface area contributed by atoms with Gasteiger partial charge in [-0.15, -0.1) is 12.4 Å². The van der Waals surface area contributed by atoms with Crippen LogP contribution in [0.2, 0.25) is 0 Å². The number of nitrogens with one attached hydrogen (secondary N) is 1. The highest BCUT2D eigenvalue weighted by atomic mass is 35.5. The number of hydrogen-bond acceptors (Lipinski definition) is 2. The van der Waals surface area contributed by atoms with Gasteiger partial charge in [-0.3, -0.25) is 4.68 Å². The van der Waals surface area contributed by atoms with Crippen molar-refractivity contribution in [3.8, 4) is 0 Å². The zero-order valence-electron chi connectivity index (χ0n) is 11.1. The Kier molecular flexibility index (Phi) is 5.47. The summed E-state index contributed by atoms with van der Waals surface area (Å²) in [5.74, 6) is 0.932. The van der Waals surface area contributed by atoms with E-state index < -0.39 is 0 Å². The molecule has 0 atom stereocenters. The fourth-order valence-electron chi connectivity index (χ4n) is 2.40. The molecule has 0 radical (unpaired) electrons. The number of halogens is 1. The van der Waals surface area contributed by atoms with Crippen molar-refractivity contribution in [2.24, 2.45) is 5.92 Å². The number of aryl methyl sites for hydroxylation is 2. The number of nitrogens with zero attached hydrogens (tertiary/aromatic N) is 2. The third kappa shape index (κ3) is 3.23. The summed E-state index contributed by atoms with van der Waals surface area (Å²) in [6.07, 6.45) is 4.26. The predicted molar refractivity (Wildman–Crippen MR) is 73.7 cm³/mol. The SMILES string of the molecule is CCn1nc(C)c(CNCC2CCC2)c1C.Cl. The molecule has 1 fully saturated rings. The average Bonchev–Trinajstić information content (AvgIpc) is 2.47. The van der Waals surface area contributed by atoms with E-state index in [-0.39, 0.29) is 12.4 Å². The maximum atomic E-state index is 4.54. The lowest BCUT2D eigenvalue weighted by molar-refractivity contribution is 0.301.